The van der Waals surface area contributed by atoms with Gasteiger partial charge in [0.25, 0.3) is 0 Å². The van der Waals surface area contributed by atoms with Gasteiger partial charge in [-0.05, 0) is 60.7 Å². The Morgan fingerprint density at radius 2 is 1.43 bits per heavy atom. The van der Waals surface area contributed by atoms with Gasteiger partial charge in [-0.2, -0.15) is 0 Å². The third kappa shape index (κ3) is 6.17. The van der Waals surface area contributed by atoms with E-state index >= 15 is 0 Å². The van der Waals surface area contributed by atoms with Crippen molar-refractivity contribution in [1.82, 2.24) is 5.32 Å². The Morgan fingerprint density at radius 1 is 0.865 bits per heavy atom. The summed E-state index contributed by atoms with van der Waals surface area (Å²) in [5, 5.41) is 2.63. The van der Waals surface area contributed by atoms with Crippen molar-refractivity contribution in [2.75, 3.05) is 13.7 Å². The molecule has 3 aromatic carbocycles. The van der Waals surface area contributed by atoms with Crippen LogP contribution < -0.4 is 5.32 Å². The van der Waals surface area contributed by atoms with Crippen LogP contribution in [0, 0.1) is 0 Å². The van der Waals surface area contributed by atoms with E-state index in [4.69, 9.17) is 14.2 Å². The van der Waals surface area contributed by atoms with Gasteiger partial charge in [0.1, 0.15) is 18.2 Å². The first-order valence-corrected chi connectivity index (χ1v) is 12.2. The largest absolute Gasteiger partial charge is 0.467 e. The highest BCUT2D eigenvalue weighted by molar-refractivity contribution is 5.89. The van der Waals surface area contributed by atoms with Crippen LogP contribution in [0.25, 0.3) is 11.1 Å². The zero-order chi connectivity index (χ0) is 26.6. The maximum absolute atomic E-state index is 12.7. The fourth-order valence-corrected chi connectivity index (χ4v) is 4.47. The molecule has 1 aliphatic rings. The van der Waals surface area contributed by atoms with Crippen molar-refractivity contribution in [2.45, 2.75) is 44.8 Å². The highest BCUT2D eigenvalue weighted by atomic mass is 16.6. The third-order valence-electron chi connectivity index (χ3n) is 6.15. The number of benzene rings is 3. The van der Waals surface area contributed by atoms with Crippen molar-refractivity contribution in [1.29, 1.82) is 0 Å². The van der Waals surface area contributed by atoms with Crippen LogP contribution >= 0.6 is 0 Å². The quantitative estimate of drug-likeness (QED) is 0.351. The van der Waals surface area contributed by atoms with Crippen LogP contribution in [0.1, 0.15) is 53.7 Å². The van der Waals surface area contributed by atoms with E-state index in [-0.39, 0.29) is 18.9 Å². The molecule has 0 saturated carbocycles. The number of hydrogen-bond donors (Lipinski definition) is 1. The van der Waals surface area contributed by atoms with Crippen molar-refractivity contribution in [3.63, 3.8) is 0 Å². The molecule has 0 saturated heterocycles. The number of amides is 1. The van der Waals surface area contributed by atoms with Crippen LogP contribution in [-0.4, -0.2) is 43.4 Å². The minimum atomic E-state index is -0.951. The Hall–Kier alpha value is -4.13. The predicted octanol–water partition coefficient (Wildman–Crippen LogP) is 5.26. The smallest absolute Gasteiger partial charge is 0.407 e. The second-order valence-corrected chi connectivity index (χ2v) is 9.95. The first-order chi connectivity index (χ1) is 17.7. The molecule has 1 amide bonds. The molecule has 1 atom stereocenters. The summed E-state index contributed by atoms with van der Waals surface area (Å²) in [5.74, 6) is -1.11. The fraction of sp³-hybridized carbons (Fsp3) is 0.300. The van der Waals surface area contributed by atoms with Crippen LogP contribution in [0.2, 0.25) is 0 Å². The molecule has 0 heterocycles. The molecule has 1 unspecified atom stereocenters. The lowest BCUT2D eigenvalue weighted by atomic mass is 9.98. The highest BCUT2D eigenvalue weighted by Gasteiger charge is 2.30. The average Bonchev–Trinajstić information content (AvgIpc) is 3.19. The van der Waals surface area contributed by atoms with E-state index in [0.717, 1.165) is 27.8 Å². The van der Waals surface area contributed by atoms with Gasteiger partial charge in [0.05, 0.1) is 12.7 Å². The molecule has 1 aliphatic carbocycles. The number of nitrogens with one attached hydrogen (secondary N) is 1. The predicted molar refractivity (Wildman–Crippen MR) is 139 cm³/mol. The molecule has 0 aliphatic heterocycles. The summed E-state index contributed by atoms with van der Waals surface area (Å²) >= 11 is 0. The van der Waals surface area contributed by atoms with Gasteiger partial charge in [0, 0.05) is 12.3 Å². The lowest BCUT2D eigenvalue weighted by Gasteiger charge is -2.20. The molecule has 0 spiro atoms. The highest BCUT2D eigenvalue weighted by Crippen LogP contribution is 2.44. The van der Waals surface area contributed by atoms with Crippen LogP contribution in [0.15, 0.2) is 72.8 Å². The number of rotatable bonds is 7. The maximum atomic E-state index is 12.7. The Kier molecular flexibility index (Phi) is 7.62. The number of esters is 2. The van der Waals surface area contributed by atoms with Gasteiger partial charge >= 0.3 is 18.0 Å². The Labute approximate surface area is 216 Å². The second kappa shape index (κ2) is 10.9. The molecule has 3 aromatic rings. The molecular formula is C30H31NO6. The molecule has 7 heteroatoms. The molecule has 0 aromatic heterocycles. The number of methoxy groups -OCH3 is 1. The number of fused-ring (bicyclic) bond motifs is 3. The summed E-state index contributed by atoms with van der Waals surface area (Å²) in [6.07, 6.45) is -0.534. The zero-order valence-electron chi connectivity index (χ0n) is 21.4. The summed E-state index contributed by atoms with van der Waals surface area (Å²) in [5.41, 5.74) is 5.01. The molecule has 1 N–H and O–H groups in total. The van der Waals surface area contributed by atoms with Crippen LogP contribution in [-0.2, 0) is 25.4 Å². The molecule has 37 heavy (non-hydrogen) atoms. The minimum Gasteiger partial charge on any atom is -0.467 e. The average molecular weight is 502 g/mol. The first kappa shape index (κ1) is 25.9. The number of hydrogen-bond acceptors (Lipinski definition) is 6. The van der Waals surface area contributed by atoms with E-state index in [9.17, 15) is 14.4 Å². The van der Waals surface area contributed by atoms with Crippen molar-refractivity contribution in [2.24, 2.45) is 0 Å². The molecule has 0 radical (unpaired) electrons. The first-order valence-electron chi connectivity index (χ1n) is 12.2. The van der Waals surface area contributed by atoms with E-state index in [0.29, 0.717) is 5.56 Å². The van der Waals surface area contributed by atoms with Gasteiger partial charge in [0.2, 0.25) is 0 Å². The van der Waals surface area contributed by atoms with Crippen molar-refractivity contribution in [3.05, 3.63) is 95.1 Å². The zero-order valence-corrected chi connectivity index (χ0v) is 21.4. The van der Waals surface area contributed by atoms with E-state index in [1.165, 1.54) is 7.11 Å². The van der Waals surface area contributed by atoms with E-state index in [1.807, 2.05) is 36.4 Å². The van der Waals surface area contributed by atoms with Crippen LogP contribution in [0.4, 0.5) is 4.79 Å². The monoisotopic (exact) mass is 501 g/mol. The molecule has 192 valence electrons. The lowest BCUT2D eigenvalue weighted by Crippen LogP contribution is -2.43. The summed E-state index contributed by atoms with van der Waals surface area (Å²) < 4.78 is 15.8. The molecule has 7 nitrogen and oxygen atoms in total. The summed E-state index contributed by atoms with van der Waals surface area (Å²) in [6, 6.07) is 21.9. The van der Waals surface area contributed by atoms with Gasteiger partial charge in [-0.15, -0.1) is 0 Å². The van der Waals surface area contributed by atoms with Crippen molar-refractivity contribution < 1.29 is 28.6 Å². The molecular weight excluding hydrogens is 470 g/mol. The fourth-order valence-electron chi connectivity index (χ4n) is 4.47. The second-order valence-electron chi connectivity index (χ2n) is 9.95. The van der Waals surface area contributed by atoms with Gasteiger partial charge in [-0.3, -0.25) is 0 Å². The van der Waals surface area contributed by atoms with E-state index in [2.05, 4.69) is 17.4 Å². The van der Waals surface area contributed by atoms with E-state index < -0.39 is 29.7 Å². The van der Waals surface area contributed by atoms with Gasteiger partial charge in [-0.25, -0.2) is 14.4 Å². The minimum absolute atomic E-state index is 0.0878. The topological polar surface area (TPSA) is 90.9 Å². The van der Waals surface area contributed by atoms with Crippen molar-refractivity contribution in [3.8, 4) is 11.1 Å². The molecule has 0 fully saturated rings. The SMILES string of the molecule is COC(=O)C(Cc1ccc(C(=O)OC(C)(C)C)cc1)NC(=O)OCC1c2ccccc2-c2ccccc21. The normalized spacial score (nSPS) is 13.2. The maximum Gasteiger partial charge on any atom is 0.407 e. The van der Waals surface area contributed by atoms with Gasteiger partial charge in [-0.1, -0.05) is 60.7 Å². The summed E-state index contributed by atoms with van der Waals surface area (Å²) in [4.78, 5) is 37.4. The van der Waals surface area contributed by atoms with Gasteiger partial charge < -0.3 is 19.5 Å². The number of carbonyl (C=O) groups is 3. The standard InChI is InChI=1S/C30H31NO6/c1-30(2,3)37-27(32)20-15-13-19(14-16-20)17-26(28(33)35-4)31-29(34)36-18-25-23-11-7-5-9-21(23)22-10-6-8-12-24(22)25/h5-16,25-26H,17-18H2,1-4H3,(H,31,34). The molecule has 0 bridgehead atoms. The Balaban J connectivity index is 1.40. The molecule has 4 rings (SSSR count). The third-order valence-corrected chi connectivity index (χ3v) is 6.15. The van der Waals surface area contributed by atoms with Crippen molar-refractivity contribution >= 4 is 18.0 Å². The number of carbonyl (C=O) groups excluding carboxylic acids is 3. The van der Waals surface area contributed by atoms with Crippen LogP contribution in [0.3, 0.4) is 0 Å². The van der Waals surface area contributed by atoms with Gasteiger partial charge in [0.15, 0.2) is 0 Å². The van der Waals surface area contributed by atoms with Crippen LogP contribution in [0.5, 0.6) is 0 Å². The van der Waals surface area contributed by atoms with E-state index in [1.54, 1.807) is 45.0 Å². The lowest BCUT2D eigenvalue weighted by molar-refractivity contribution is -0.143. The Morgan fingerprint density at radius 3 is 1.97 bits per heavy atom. The number of alkyl carbamates (subject to hydrolysis) is 1. The summed E-state index contributed by atoms with van der Waals surface area (Å²) in [7, 11) is 1.26. The number of ether oxygens (including phenoxy) is 3. The Bertz CT molecular complexity index is 1250. The summed E-state index contributed by atoms with van der Waals surface area (Å²) in [6.45, 7) is 5.54.